The van der Waals surface area contributed by atoms with E-state index < -0.39 is 0 Å². The fourth-order valence-corrected chi connectivity index (χ4v) is 4.00. The summed E-state index contributed by atoms with van der Waals surface area (Å²) < 4.78 is 0. The summed E-state index contributed by atoms with van der Waals surface area (Å²) in [5.74, 6) is 1.19. The van der Waals surface area contributed by atoms with Crippen LogP contribution in [0.4, 0.5) is 0 Å². The Bertz CT molecular complexity index is 364. The van der Waals surface area contributed by atoms with Crippen molar-refractivity contribution in [2.45, 2.75) is 45.6 Å². The van der Waals surface area contributed by atoms with Crippen LogP contribution in [0.25, 0.3) is 0 Å². The number of imide groups is 1. The average molecular weight is 264 g/mol. The van der Waals surface area contributed by atoms with Crippen molar-refractivity contribution in [2.24, 2.45) is 23.7 Å². The molecule has 2 aliphatic heterocycles. The van der Waals surface area contributed by atoms with Crippen molar-refractivity contribution in [1.82, 2.24) is 10.2 Å². The quantitative estimate of drug-likeness (QED) is 0.767. The molecule has 106 valence electrons. The van der Waals surface area contributed by atoms with Crippen molar-refractivity contribution in [3.05, 3.63) is 0 Å². The maximum absolute atomic E-state index is 12.4. The van der Waals surface area contributed by atoms with Gasteiger partial charge in [0.15, 0.2) is 0 Å². The molecule has 4 heteroatoms. The Morgan fingerprint density at radius 2 is 1.74 bits per heavy atom. The first-order chi connectivity index (χ1) is 9.06. The Morgan fingerprint density at radius 3 is 2.26 bits per heavy atom. The van der Waals surface area contributed by atoms with E-state index in [1.54, 1.807) is 4.90 Å². The lowest BCUT2D eigenvalue weighted by atomic mass is 9.95. The number of nitrogens with one attached hydrogen (secondary N) is 1. The third-order valence-electron chi connectivity index (χ3n) is 5.17. The summed E-state index contributed by atoms with van der Waals surface area (Å²) >= 11 is 0. The molecule has 0 aromatic carbocycles. The van der Waals surface area contributed by atoms with Crippen LogP contribution < -0.4 is 5.32 Å². The van der Waals surface area contributed by atoms with Crippen LogP contribution in [0.15, 0.2) is 0 Å². The predicted octanol–water partition coefficient (Wildman–Crippen LogP) is 1.41. The first-order valence-corrected chi connectivity index (χ1v) is 7.65. The van der Waals surface area contributed by atoms with Crippen molar-refractivity contribution in [3.8, 4) is 0 Å². The van der Waals surface area contributed by atoms with E-state index in [0.29, 0.717) is 24.4 Å². The fraction of sp³-hybridized carbons (Fsp3) is 0.867. The van der Waals surface area contributed by atoms with Gasteiger partial charge in [-0.2, -0.15) is 0 Å². The Hall–Kier alpha value is -0.900. The van der Waals surface area contributed by atoms with E-state index in [1.807, 2.05) is 0 Å². The number of rotatable bonds is 2. The largest absolute Gasteiger partial charge is 0.314 e. The Morgan fingerprint density at radius 1 is 1.11 bits per heavy atom. The number of piperidine rings is 1. The van der Waals surface area contributed by atoms with Crippen molar-refractivity contribution in [3.63, 3.8) is 0 Å². The standard InChI is InChI=1S/C15H24N2O2/c1-9-5-12-13(6-9)15(19)17(14(12)18)8-11-4-3-10(2)16-7-11/h9-13,16H,3-8H2,1-2H3. The smallest absolute Gasteiger partial charge is 0.233 e. The van der Waals surface area contributed by atoms with E-state index in [9.17, 15) is 9.59 Å². The van der Waals surface area contributed by atoms with Gasteiger partial charge >= 0.3 is 0 Å². The van der Waals surface area contributed by atoms with E-state index in [2.05, 4.69) is 19.2 Å². The summed E-state index contributed by atoms with van der Waals surface area (Å²) in [5, 5.41) is 3.44. The minimum atomic E-state index is -0.00188. The van der Waals surface area contributed by atoms with Gasteiger partial charge in [-0.05, 0) is 51.0 Å². The molecule has 0 spiro atoms. The number of fused-ring (bicyclic) bond motifs is 1. The second kappa shape index (κ2) is 4.89. The number of likely N-dealkylation sites (tertiary alicyclic amines) is 1. The average Bonchev–Trinajstić information content (AvgIpc) is 2.86. The van der Waals surface area contributed by atoms with Gasteiger partial charge in [0.05, 0.1) is 11.8 Å². The van der Waals surface area contributed by atoms with Crippen LogP contribution in [0.2, 0.25) is 0 Å². The second-order valence-electron chi connectivity index (χ2n) is 6.83. The number of nitrogens with zero attached hydrogens (tertiary/aromatic N) is 1. The normalized spacial score (nSPS) is 42.8. The third-order valence-corrected chi connectivity index (χ3v) is 5.17. The molecular formula is C15H24N2O2. The Labute approximate surface area is 114 Å². The van der Waals surface area contributed by atoms with Crippen molar-refractivity contribution in [1.29, 1.82) is 0 Å². The molecule has 2 heterocycles. The summed E-state index contributed by atoms with van der Waals surface area (Å²) in [6, 6.07) is 0.571. The van der Waals surface area contributed by atoms with Crippen LogP contribution in [0.3, 0.4) is 0 Å². The lowest BCUT2D eigenvalue weighted by Gasteiger charge is -2.30. The summed E-state index contributed by atoms with van der Waals surface area (Å²) in [7, 11) is 0. The lowest BCUT2D eigenvalue weighted by Crippen LogP contribution is -2.44. The topological polar surface area (TPSA) is 49.4 Å². The Balaban J connectivity index is 1.63. The van der Waals surface area contributed by atoms with Gasteiger partial charge in [0.1, 0.15) is 0 Å². The zero-order chi connectivity index (χ0) is 13.6. The maximum Gasteiger partial charge on any atom is 0.233 e. The summed E-state index contributed by atoms with van der Waals surface area (Å²) in [5.41, 5.74) is 0. The zero-order valence-corrected chi connectivity index (χ0v) is 11.9. The van der Waals surface area contributed by atoms with Gasteiger partial charge in [0.25, 0.3) is 0 Å². The van der Waals surface area contributed by atoms with Crippen LogP contribution in [0.1, 0.15) is 39.5 Å². The van der Waals surface area contributed by atoms with Crippen LogP contribution in [-0.2, 0) is 9.59 Å². The van der Waals surface area contributed by atoms with Crippen LogP contribution in [0.5, 0.6) is 0 Å². The molecule has 0 radical (unpaired) electrons. The predicted molar refractivity (Wildman–Crippen MR) is 72.3 cm³/mol. The van der Waals surface area contributed by atoms with Gasteiger partial charge < -0.3 is 5.32 Å². The molecule has 1 aliphatic carbocycles. The first-order valence-electron chi connectivity index (χ1n) is 7.65. The number of hydrogen-bond acceptors (Lipinski definition) is 3. The molecule has 2 amide bonds. The van der Waals surface area contributed by atoms with E-state index in [4.69, 9.17) is 0 Å². The maximum atomic E-state index is 12.4. The number of carbonyl (C=O) groups excluding carboxylic acids is 2. The van der Waals surface area contributed by atoms with Crippen molar-refractivity contribution in [2.75, 3.05) is 13.1 Å². The third kappa shape index (κ3) is 2.31. The molecule has 0 aromatic heterocycles. The Kier molecular flexibility index (Phi) is 3.37. The molecule has 3 fully saturated rings. The zero-order valence-electron chi connectivity index (χ0n) is 11.9. The van der Waals surface area contributed by atoms with Gasteiger partial charge in [-0.15, -0.1) is 0 Å². The molecule has 0 aromatic rings. The van der Waals surface area contributed by atoms with E-state index in [-0.39, 0.29) is 23.7 Å². The lowest BCUT2D eigenvalue weighted by molar-refractivity contribution is -0.141. The highest BCUT2D eigenvalue weighted by atomic mass is 16.2. The monoisotopic (exact) mass is 264 g/mol. The second-order valence-corrected chi connectivity index (χ2v) is 6.83. The fourth-order valence-electron chi connectivity index (χ4n) is 4.00. The summed E-state index contributed by atoms with van der Waals surface area (Å²) in [4.78, 5) is 26.3. The minimum absolute atomic E-state index is 0.00188. The van der Waals surface area contributed by atoms with E-state index >= 15 is 0 Å². The minimum Gasteiger partial charge on any atom is -0.314 e. The van der Waals surface area contributed by atoms with Crippen LogP contribution >= 0.6 is 0 Å². The number of amides is 2. The number of carbonyl (C=O) groups is 2. The molecule has 2 saturated heterocycles. The molecule has 1 saturated carbocycles. The molecular weight excluding hydrogens is 240 g/mol. The molecule has 1 N–H and O–H groups in total. The van der Waals surface area contributed by atoms with Crippen LogP contribution in [-0.4, -0.2) is 35.8 Å². The van der Waals surface area contributed by atoms with Gasteiger partial charge in [-0.25, -0.2) is 0 Å². The molecule has 19 heavy (non-hydrogen) atoms. The summed E-state index contributed by atoms with van der Waals surface area (Å²) in [6.07, 6.45) is 4.08. The highest BCUT2D eigenvalue weighted by Gasteiger charge is 2.51. The van der Waals surface area contributed by atoms with Gasteiger partial charge in [0.2, 0.25) is 11.8 Å². The van der Waals surface area contributed by atoms with Crippen molar-refractivity contribution >= 4 is 11.8 Å². The molecule has 4 atom stereocenters. The summed E-state index contributed by atoms with van der Waals surface area (Å²) in [6.45, 7) is 5.91. The SMILES string of the molecule is CC1CC2C(=O)N(CC3CCC(C)NC3)C(=O)C2C1. The van der Waals surface area contributed by atoms with Crippen molar-refractivity contribution < 1.29 is 9.59 Å². The first kappa shape index (κ1) is 13.1. The molecule has 3 rings (SSSR count). The molecule has 3 aliphatic rings. The van der Waals surface area contributed by atoms with E-state index in [0.717, 1.165) is 32.2 Å². The van der Waals surface area contributed by atoms with Gasteiger partial charge in [-0.3, -0.25) is 14.5 Å². The van der Waals surface area contributed by atoms with Crippen LogP contribution in [0, 0.1) is 23.7 Å². The van der Waals surface area contributed by atoms with E-state index in [1.165, 1.54) is 0 Å². The molecule has 0 bridgehead atoms. The molecule has 4 unspecified atom stereocenters. The highest BCUT2D eigenvalue weighted by molar-refractivity contribution is 6.05. The highest BCUT2D eigenvalue weighted by Crippen LogP contribution is 2.43. The van der Waals surface area contributed by atoms with Gasteiger partial charge in [0, 0.05) is 12.6 Å². The van der Waals surface area contributed by atoms with Gasteiger partial charge in [-0.1, -0.05) is 6.92 Å². The molecule has 4 nitrogen and oxygen atoms in total. The number of hydrogen-bond donors (Lipinski definition) is 1.